The van der Waals surface area contributed by atoms with E-state index >= 15 is 0 Å². The van der Waals surface area contributed by atoms with E-state index in [9.17, 15) is 9.50 Å². The zero-order valence-electron chi connectivity index (χ0n) is 9.82. The summed E-state index contributed by atoms with van der Waals surface area (Å²) in [5, 5.41) is 21.1. The summed E-state index contributed by atoms with van der Waals surface area (Å²) in [4.78, 5) is 0. The van der Waals surface area contributed by atoms with Crippen molar-refractivity contribution in [3.8, 4) is 11.8 Å². The van der Waals surface area contributed by atoms with Crippen molar-refractivity contribution in [2.75, 3.05) is 5.32 Å². The molecule has 0 aliphatic heterocycles. The topological polar surface area (TPSA) is 56.0 Å². The highest BCUT2D eigenvalue weighted by Gasteiger charge is 2.04. The van der Waals surface area contributed by atoms with Gasteiger partial charge in [0.2, 0.25) is 0 Å². The Morgan fingerprint density at radius 1 is 1.26 bits per heavy atom. The number of nitrogens with one attached hydrogen (secondary N) is 1. The Labute approximate surface area is 114 Å². The van der Waals surface area contributed by atoms with E-state index in [1.807, 2.05) is 6.07 Å². The molecule has 2 rings (SSSR count). The van der Waals surface area contributed by atoms with Gasteiger partial charge in [0.1, 0.15) is 11.6 Å². The van der Waals surface area contributed by atoms with Crippen LogP contribution in [0, 0.1) is 17.1 Å². The van der Waals surface area contributed by atoms with Crippen LogP contribution >= 0.6 is 11.6 Å². The number of rotatable bonds is 3. The fraction of sp³-hybridized carbons (Fsp3) is 0.0714. The van der Waals surface area contributed by atoms with Crippen molar-refractivity contribution in [2.45, 2.75) is 6.54 Å². The molecule has 0 heterocycles. The third kappa shape index (κ3) is 3.15. The van der Waals surface area contributed by atoms with Gasteiger partial charge in [0.25, 0.3) is 0 Å². The highest BCUT2D eigenvalue weighted by atomic mass is 35.5. The summed E-state index contributed by atoms with van der Waals surface area (Å²) in [7, 11) is 0. The highest BCUT2D eigenvalue weighted by Crippen LogP contribution is 2.24. The zero-order valence-corrected chi connectivity index (χ0v) is 10.6. The Hall–Kier alpha value is -2.25. The third-order valence-electron chi connectivity index (χ3n) is 2.59. The molecule has 0 aliphatic rings. The number of halogens is 2. The van der Waals surface area contributed by atoms with Gasteiger partial charge in [0.05, 0.1) is 22.3 Å². The van der Waals surface area contributed by atoms with Gasteiger partial charge < -0.3 is 10.4 Å². The van der Waals surface area contributed by atoms with Crippen LogP contribution in [-0.4, -0.2) is 5.11 Å². The molecule has 0 aliphatic carbocycles. The lowest BCUT2D eigenvalue weighted by atomic mass is 10.2. The summed E-state index contributed by atoms with van der Waals surface area (Å²) in [6.45, 7) is 0.364. The number of phenolic OH excluding ortho intramolecular Hbond substituents is 1. The molecule has 5 heteroatoms. The molecule has 0 bridgehead atoms. The van der Waals surface area contributed by atoms with Crippen molar-refractivity contribution in [1.29, 1.82) is 5.26 Å². The van der Waals surface area contributed by atoms with Gasteiger partial charge in [-0.2, -0.15) is 5.26 Å². The smallest absolute Gasteiger partial charge is 0.147 e. The molecule has 0 radical (unpaired) electrons. The van der Waals surface area contributed by atoms with E-state index in [1.165, 1.54) is 24.3 Å². The average molecular weight is 277 g/mol. The van der Waals surface area contributed by atoms with Crippen molar-refractivity contribution in [2.24, 2.45) is 0 Å². The summed E-state index contributed by atoms with van der Waals surface area (Å²) in [6.07, 6.45) is 0. The molecule has 0 aromatic heterocycles. The second-order valence-corrected chi connectivity index (χ2v) is 4.35. The second kappa shape index (κ2) is 5.59. The Morgan fingerprint density at radius 3 is 2.68 bits per heavy atom. The molecule has 0 amide bonds. The molecule has 0 unspecified atom stereocenters. The molecule has 0 atom stereocenters. The van der Waals surface area contributed by atoms with E-state index in [-0.39, 0.29) is 16.3 Å². The van der Waals surface area contributed by atoms with Crippen LogP contribution in [0.2, 0.25) is 5.02 Å². The van der Waals surface area contributed by atoms with Gasteiger partial charge in [-0.1, -0.05) is 17.7 Å². The fourth-order valence-corrected chi connectivity index (χ4v) is 1.79. The maximum atomic E-state index is 13.6. The molecule has 0 saturated carbocycles. The largest absolute Gasteiger partial charge is 0.506 e. The van der Waals surface area contributed by atoms with Gasteiger partial charge in [-0.25, -0.2) is 4.39 Å². The van der Waals surface area contributed by atoms with Crippen molar-refractivity contribution < 1.29 is 9.50 Å². The van der Waals surface area contributed by atoms with Crippen LogP contribution in [0.5, 0.6) is 5.75 Å². The molecule has 96 valence electrons. The highest BCUT2D eigenvalue weighted by molar-refractivity contribution is 6.32. The van der Waals surface area contributed by atoms with Crippen molar-refractivity contribution in [3.05, 3.63) is 58.4 Å². The van der Waals surface area contributed by atoms with Crippen LogP contribution in [0.4, 0.5) is 10.1 Å². The standard InChI is InChI=1S/C14H10ClFN2O/c15-11-5-10(2-4-14(11)19)8-18-13-3-1-9(7-17)6-12(13)16/h1-6,18-19H,8H2. The molecule has 2 aromatic rings. The molecule has 2 aromatic carbocycles. The lowest BCUT2D eigenvalue weighted by Gasteiger charge is -2.08. The minimum atomic E-state index is -0.482. The Morgan fingerprint density at radius 2 is 2.05 bits per heavy atom. The normalized spacial score (nSPS) is 9.95. The number of phenols is 1. The second-order valence-electron chi connectivity index (χ2n) is 3.95. The molecule has 0 saturated heterocycles. The lowest BCUT2D eigenvalue weighted by Crippen LogP contribution is -2.01. The predicted molar refractivity (Wildman–Crippen MR) is 71.6 cm³/mol. The van der Waals surface area contributed by atoms with Gasteiger partial charge in [-0.3, -0.25) is 0 Å². The molecular weight excluding hydrogens is 267 g/mol. The number of nitrogens with zero attached hydrogens (tertiary/aromatic N) is 1. The van der Waals surface area contributed by atoms with Crippen LogP contribution < -0.4 is 5.32 Å². The predicted octanol–water partition coefficient (Wildman–Crippen LogP) is 3.67. The van der Waals surface area contributed by atoms with E-state index in [2.05, 4.69) is 5.32 Å². The monoisotopic (exact) mass is 276 g/mol. The number of hydrogen-bond acceptors (Lipinski definition) is 3. The van der Waals surface area contributed by atoms with Gasteiger partial charge in [-0.15, -0.1) is 0 Å². The van der Waals surface area contributed by atoms with Gasteiger partial charge >= 0.3 is 0 Å². The molecule has 2 N–H and O–H groups in total. The number of nitriles is 1. The maximum absolute atomic E-state index is 13.6. The first kappa shape index (κ1) is 13.2. The van der Waals surface area contributed by atoms with E-state index in [4.69, 9.17) is 16.9 Å². The van der Waals surface area contributed by atoms with Crippen molar-refractivity contribution in [3.63, 3.8) is 0 Å². The molecule has 0 fully saturated rings. The van der Waals surface area contributed by atoms with Crippen LogP contribution in [0.3, 0.4) is 0 Å². The molecule has 19 heavy (non-hydrogen) atoms. The Balaban J connectivity index is 2.10. The maximum Gasteiger partial charge on any atom is 0.147 e. The fourth-order valence-electron chi connectivity index (χ4n) is 1.59. The summed E-state index contributed by atoms with van der Waals surface area (Å²) >= 11 is 5.78. The Kier molecular flexibility index (Phi) is 3.88. The van der Waals surface area contributed by atoms with Gasteiger partial charge in [0.15, 0.2) is 0 Å². The lowest BCUT2D eigenvalue weighted by molar-refractivity contribution is 0.475. The number of benzene rings is 2. The summed E-state index contributed by atoms with van der Waals surface area (Å²) < 4.78 is 13.6. The molecular formula is C14H10ClFN2O. The van der Waals surface area contributed by atoms with E-state index in [1.54, 1.807) is 12.1 Å². The third-order valence-corrected chi connectivity index (χ3v) is 2.90. The summed E-state index contributed by atoms with van der Waals surface area (Å²) in [5.41, 5.74) is 1.39. The minimum absolute atomic E-state index is 0.00923. The van der Waals surface area contributed by atoms with Gasteiger partial charge in [-0.05, 0) is 35.9 Å². The first-order valence-electron chi connectivity index (χ1n) is 5.51. The van der Waals surface area contributed by atoms with E-state index < -0.39 is 5.82 Å². The van der Waals surface area contributed by atoms with Crippen LogP contribution in [0.1, 0.15) is 11.1 Å². The number of aromatic hydroxyl groups is 1. The van der Waals surface area contributed by atoms with Crippen molar-refractivity contribution >= 4 is 17.3 Å². The quantitative estimate of drug-likeness (QED) is 0.899. The summed E-state index contributed by atoms with van der Waals surface area (Å²) in [5.74, 6) is -0.473. The van der Waals surface area contributed by atoms with Crippen LogP contribution in [-0.2, 0) is 6.54 Å². The summed E-state index contributed by atoms with van der Waals surface area (Å²) in [6, 6.07) is 10.9. The molecule has 3 nitrogen and oxygen atoms in total. The average Bonchev–Trinajstić information content (AvgIpc) is 2.41. The first-order chi connectivity index (χ1) is 9.10. The van der Waals surface area contributed by atoms with Gasteiger partial charge in [0, 0.05) is 6.54 Å². The van der Waals surface area contributed by atoms with E-state index in [0.29, 0.717) is 12.2 Å². The number of anilines is 1. The minimum Gasteiger partial charge on any atom is -0.506 e. The molecule has 0 spiro atoms. The SMILES string of the molecule is N#Cc1ccc(NCc2ccc(O)c(Cl)c2)c(F)c1. The first-order valence-corrected chi connectivity index (χ1v) is 5.89. The van der Waals surface area contributed by atoms with E-state index in [0.717, 1.165) is 5.56 Å². The Bertz CT molecular complexity index is 652. The zero-order chi connectivity index (χ0) is 13.8. The van der Waals surface area contributed by atoms with Crippen molar-refractivity contribution in [1.82, 2.24) is 0 Å². The van der Waals surface area contributed by atoms with Crippen LogP contribution in [0.15, 0.2) is 36.4 Å². The number of hydrogen-bond donors (Lipinski definition) is 2. The van der Waals surface area contributed by atoms with Crippen LogP contribution in [0.25, 0.3) is 0 Å².